The summed E-state index contributed by atoms with van der Waals surface area (Å²) in [5, 5.41) is 4.89. The van der Waals surface area contributed by atoms with Gasteiger partial charge in [0.1, 0.15) is 0 Å². The minimum Gasteiger partial charge on any atom is -0.311 e. The van der Waals surface area contributed by atoms with Crippen LogP contribution in [0.1, 0.15) is 103 Å². The second-order valence-corrected chi connectivity index (χ2v) is 32.9. The van der Waals surface area contributed by atoms with Crippen LogP contribution in [0, 0.1) is 0 Å². The van der Waals surface area contributed by atoms with Crippen molar-refractivity contribution in [2.75, 3.05) is 9.80 Å². The zero-order valence-corrected chi connectivity index (χ0v) is 61.1. The molecule has 14 aromatic carbocycles. The molecule has 20 rings (SSSR count). The third-order valence-electron chi connectivity index (χ3n) is 24.8. The molecule has 105 heavy (non-hydrogen) atoms. The molecule has 506 valence electrons. The number of fused-ring (bicyclic) bond motifs is 12. The van der Waals surface area contributed by atoms with Crippen LogP contribution in [0.25, 0.3) is 111 Å². The van der Waals surface area contributed by atoms with E-state index in [1.165, 1.54) is 152 Å². The Morgan fingerprint density at radius 1 is 0.229 bits per heavy atom. The molecule has 4 aliphatic rings. The van der Waals surface area contributed by atoms with Gasteiger partial charge in [-0.15, -0.1) is 0 Å². The first-order chi connectivity index (χ1) is 51.0. The van der Waals surface area contributed by atoms with Crippen LogP contribution in [-0.4, -0.2) is 15.8 Å². The summed E-state index contributed by atoms with van der Waals surface area (Å²) in [6.45, 7) is 19.3. The van der Waals surface area contributed by atoms with Crippen LogP contribution in [0.2, 0.25) is 0 Å². The minimum absolute atomic E-state index is 0.0753. The highest BCUT2D eigenvalue weighted by molar-refractivity contribution is 7.00. The molecule has 5 heteroatoms. The summed E-state index contributed by atoms with van der Waals surface area (Å²) in [5.41, 5.74) is 35.8. The van der Waals surface area contributed by atoms with Gasteiger partial charge in [0.2, 0.25) is 0 Å². The van der Waals surface area contributed by atoms with Gasteiger partial charge in [0.05, 0.1) is 27.8 Å². The maximum absolute atomic E-state index is 2.63. The van der Waals surface area contributed by atoms with Crippen molar-refractivity contribution < 1.29 is 0 Å². The normalized spacial score (nSPS) is 15.7. The topological polar surface area (TPSA) is 16.3 Å². The summed E-state index contributed by atoms with van der Waals surface area (Å²) in [5.74, 6) is 0. The molecule has 4 nitrogen and oxygen atoms in total. The number of hydrogen-bond donors (Lipinski definition) is 0. The molecule has 0 N–H and O–H groups in total. The van der Waals surface area contributed by atoms with Crippen LogP contribution in [-0.2, 0) is 21.7 Å². The van der Waals surface area contributed by atoms with Gasteiger partial charge >= 0.3 is 0 Å². The lowest BCUT2D eigenvalue weighted by Crippen LogP contribution is -2.61. The molecule has 0 fully saturated rings. The number of hydrogen-bond acceptors (Lipinski definition) is 2. The smallest absolute Gasteiger partial charge is 0.252 e. The largest absolute Gasteiger partial charge is 0.311 e. The van der Waals surface area contributed by atoms with E-state index in [9.17, 15) is 0 Å². The molecule has 2 aliphatic carbocycles. The van der Waals surface area contributed by atoms with Crippen LogP contribution in [0.3, 0.4) is 0 Å². The summed E-state index contributed by atoms with van der Waals surface area (Å²) >= 11 is 0. The van der Waals surface area contributed by atoms with Gasteiger partial charge in [-0.05, 0) is 233 Å². The summed E-state index contributed by atoms with van der Waals surface area (Å²) in [6, 6.07) is 118. The molecule has 0 radical (unpaired) electrons. The van der Waals surface area contributed by atoms with E-state index < -0.39 is 0 Å². The first-order valence-electron chi connectivity index (χ1n) is 37.8. The zero-order valence-electron chi connectivity index (χ0n) is 61.1. The van der Waals surface area contributed by atoms with Crippen molar-refractivity contribution in [2.24, 2.45) is 0 Å². The maximum atomic E-state index is 2.63. The zero-order chi connectivity index (χ0) is 70.8. The van der Waals surface area contributed by atoms with E-state index in [2.05, 4.69) is 384 Å². The summed E-state index contributed by atoms with van der Waals surface area (Å²) < 4.78 is 5.06. The Balaban J connectivity index is 0.858. The predicted octanol–water partition coefficient (Wildman–Crippen LogP) is 25.0. The Bertz CT molecular complexity index is 6210. The quantitative estimate of drug-likeness (QED) is 0.134. The molecule has 0 bridgehead atoms. The molecule has 0 spiro atoms. The van der Waals surface area contributed by atoms with Crippen molar-refractivity contribution in [1.82, 2.24) is 9.13 Å². The van der Waals surface area contributed by atoms with Gasteiger partial charge in [-0.25, -0.2) is 0 Å². The number of nitrogens with zero attached hydrogens (tertiary/aromatic N) is 4. The van der Waals surface area contributed by atoms with Crippen LogP contribution in [0.15, 0.2) is 309 Å². The summed E-state index contributed by atoms with van der Waals surface area (Å²) in [6.07, 6.45) is 4.70. The Labute approximate surface area is 617 Å². The number of benzene rings is 14. The van der Waals surface area contributed by atoms with E-state index in [1.54, 1.807) is 0 Å². The van der Waals surface area contributed by atoms with Crippen molar-refractivity contribution in [3.63, 3.8) is 0 Å². The van der Waals surface area contributed by atoms with Crippen molar-refractivity contribution in [3.05, 3.63) is 332 Å². The molecule has 2 aliphatic heterocycles. The third kappa shape index (κ3) is 10.0. The third-order valence-corrected chi connectivity index (χ3v) is 24.8. The highest BCUT2D eigenvalue weighted by atomic mass is 15.2. The van der Waals surface area contributed by atoms with Crippen molar-refractivity contribution >= 4 is 101 Å². The molecule has 4 heterocycles. The van der Waals surface area contributed by atoms with Crippen LogP contribution in [0.5, 0.6) is 0 Å². The van der Waals surface area contributed by atoms with E-state index in [-0.39, 0.29) is 28.4 Å². The molecule has 0 unspecified atom stereocenters. The molecule has 0 saturated carbocycles. The number of anilines is 6. The molecule has 0 saturated heterocycles. The Morgan fingerprint density at radius 3 is 1.00 bits per heavy atom. The van der Waals surface area contributed by atoms with Gasteiger partial charge in [-0.2, -0.15) is 0 Å². The Hall–Kier alpha value is -11.7. The Morgan fingerprint density at radius 2 is 0.543 bits per heavy atom. The summed E-state index contributed by atoms with van der Waals surface area (Å²) in [4.78, 5) is 5.25. The fourth-order valence-corrected chi connectivity index (χ4v) is 18.9. The Kier molecular flexibility index (Phi) is 14.1. The van der Waals surface area contributed by atoms with E-state index >= 15 is 0 Å². The van der Waals surface area contributed by atoms with E-state index in [0.717, 1.165) is 57.3 Å². The lowest BCUT2D eigenvalue weighted by Gasteiger charge is -2.44. The van der Waals surface area contributed by atoms with Crippen LogP contribution in [0.4, 0.5) is 34.1 Å². The van der Waals surface area contributed by atoms with Gasteiger partial charge in [-0.3, -0.25) is 0 Å². The molecular weight excluding hydrogens is 1270 g/mol. The van der Waals surface area contributed by atoms with Gasteiger partial charge in [0.25, 0.3) is 6.71 Å². The SMILES string of the molecule is CC1(C)CCC(C)(C)c2cc(-c3ccc(N4c5cc(-c6ccccc6)ccc5B5c6ccc(-n7c8ccccc8c8cc(-c9ccccc9)ccc87)cc6N(c6ccc(-c7ccc8c(c7)C(C)(C)CCC8(C)C)cc6)c6cc(-n7c8ccccc8c8cc(-c9ccccc9)ccc87)cc4c65)cc3)ccc21. The van der Waals surface area contributed by atoms with E-state index in [1.807, 2.05) is 0 Å². The maximum Gasteiger partial charge on any atom is 0.252 e. The van der Waals surface area contributed by atoms with Gasteiger partial charge in [0, 0.05) is 61.4 Å². The fraction of sp³-hybridized carbons (Fsp3) is 0.160. The van der Waals surface area contributed by atoms with Gasteiger partial charge in [-0.1, -0.05) is 274 Å². The standard InChI is InChI=1S/C100H83BN4/c1-97(2)52-54-99(5,6)84-58-71(36-46-82(84)97)67-32-41-74(42-33-67)102-92-60-73(66-26-16-11-17-27-66)38-48-86(92)101-87-49-45-76(104-88-30-20-18-28-78(88)80-56-69(39-50-90(80)104)64-22-12-9-13-23-64)61-93(87)103(75-43-34-68(35-44-75)72-37-47-83-85(59-72)100(7,8)55-53-98(83,3)4)95-63-77(62-94(102)96(95)101)105-89-31-21-19-29-79(89)81-57-70(40-51-91(81)105)65-24-14-10-15-25-65/h9-51,56-63H,52-55H2,1-8H3. The van der Waals surface area contributed by atoms with Crippen LogP contribution >= 0.6 is 0 Å². The van der Waals surface area contributed by atoms with Crippen molar-refractivity contribution in [2.45, 2.75) is 103 Å². The number of aromatic nitrogens is 2. The van der Waals surface area contributed by atoms with Crippen molar-refractivity contribution in [3.8, 4) is 67.0 Å². The highest BCUT2D eigenvalue weighted by Crippen LogP contribution is 2.52. The minimum atomic E-state index is -0.164. The van der Waals surface area contributed by atoms with Gasteiger partial charge in [0.15, 0.2) is 0 Å². The first-order valence-corrected chi connectivity index (χ1v) is 37.8. The second-order valence-electron chi connectivity index (χ2n) is 32.9. The monoisotopic (exact) mass is 1350 g/mol. The predicted molar refractivity (Wildman–Crippen MR) is 447 cm³/mol. The number of rotatable bonds is 9. The highest BCUT2D eigenvalue weighted by Gasteiger charge is 2.45. The average molecular weight is 1350 g/mol. The molecule has 2 aromatic heterocycles. The fourth-order valence-electron chi connectivity index (χ4n) is 18.9. The molecular formula is C100H83BN4. The van der Waals surface area contributed by atoms with E-state index in [0.29, 0.717) is 0 Å². The molecule has 0 amide bonds. The first kappa shape index (κ1) is 63.1. The molecule has 16 aromatic rings. The summed E-state index contributed by atoms with van der Waals surface area (Å²) in [7, 11) is 0. The molecule has 0 atom stereocenters. The average Bonchev–Trinajstić information content (AvgIpc) is 1.37. The lowest BCUT2D eigenvalue weighted by molar-refractivity contribution is 0.332. The number of para-hydroxylation sites is 2. The van der Waals surface area contributed by atoms with E-state index in [4.69, 9.17) is 0 Å². The van der Waals surface area contributed by atoms with Gasteiger partial charge < -0.3 is 18.9 Å². The van der Waals surface area contributed by atoms with Crippen molar-refractivity contribution in [1.29, 1.82) is 0 Å². The second kappa shape index (κ2) is 23.4. The lowest BCUT2D eigenvalue weighted by atomic mass is 9.33. The van der Waals surface area contributed by atoms with Crippen LogP contribution < -0.4 is 26.2 Å².